The molecule has 0 aliphatic rings. The van der Waals surface area contributed by atoms with Crippen LogP contribution < -0.4 is 0 Å². The van der Waals surface area contributed by atoms with E-state index < -0.39 is 0 Å². The van der Waals surface area contributed by atoms with Crippen molar-refractivity contribution >= 4 is 27.5 Å². The smallest absolute Gasteiger partial charge is 0.136 e. The summed E-state index contributed by atoms with van der Waals surface area (Å²) in [5.74, 6) is 0. The minimum atomic E-state index is 0.920. The first-order valence-corrected chi connectivity index (χ1v) is 6.71. The Morgan fingerprint density at radius 3 is 2.65 bits per heavy atom. The van der Waals surface area contributed by atoms with E-state index in [-0.39, 0.29) is 0 Å². The van der Waals surface area contributed by atoms with Crippen LogP contribution in [0.1, 0.15) is 12.5 Å². The maximum atomic E-state index is 5.92. The van der Waals surface area contributed by atoms with Crippen molar-refractivity contribution in [2.45, 2.75) is 6.92 Å². The van der Waals surface area contributed by atoms with Crippen LogP contribution in [0.3, 0.4) is 0 Å². The van der Waals surface area contributed by atoms with Crippen molar-refractivity contribution in [1.29, 1.82) is 0 Å². The van der Waals surface area contributed by atoms with Gasteiger partial charge in [0.05, 0.1) is 0 Å². The van der Waals surface area contributed by atoms with Crippen LogP contribution in [0, 0.1) is 0 Å². The molecule has 0 aliphatic carbocycles. The molecule has 0 bridgehead atoms. The van der Waals surface area contributed by atoms with Gasteiger partial charge < -0.3 is 4.42 Å². The lowest BCUT2D eigenvalue weighted by molar-refractivity contribution is 0.669. The van der Waals surface area contributed by atoms with Gasteiger partial charge in [-0.3, -0.25) is 0 Å². The average molecular weight is 260 g/mol. The van der Waals surface area contributed by atoms with Crippen LogP contribution in [-0.2, 0) is 0 Å². The van der Waals surface area contributed by atoms with Gasteiger partial charge in [-0.1, -0.05) is 61.2 Å². The van der Waals surface area contributed by atoms with Crippen LogP contribution in [0.5, 0.6) is 0 Å². The summed E-state index contributed by atoms with van der Waals surface area (Å²) in [5.41, 5.74) is 4.15. The van der Waals surface area contributed by atoms with Crippen molar-refractivity contribution < 1.29 is 4.42 Å². The summed E-state index contributed by atoms with van der Waals surface area (Å²) in [5, 5.41) is 2.31. The lowest BCUT2D eigenvalue weighted by atomic mass is 9.98. The summed E-state index contributed by atoms with van der Waals surface area (Å²) < 4.78 is 5.92. The predicted octanol–water partition coefficient (Wildman–Crippen LogP) is 5.73. The van der Waals surface area contributed by atoms with Crippen molar-refractivity contribution in [3.63, 3.8) is 0 Å². The van der Waals surface area contributed by atoms with Gasteiger partial charge in [-0.15, -0.1) is 0 Å². The molecule has 1 heteroatoms. The maximum Gasteiger partial charge on any atom is 0.136 e. The average Bonchev–Trinajstić information content (AvgIpc) is 2.85. The summed E-state index contributed by atoms with van der Waals surface area (Å²) in [4.78, 5) is 0. The Labute approximate surface area is 118 Å². The molecule has 3 aromatic rings. The number of allylic oxidation sites excluding steroid dienone is 5. The van der Waals surface area contributed by atoms with Gasteiger partial charge in [0.2, 0.25) is 0 Å². The van der Waals surface area contributed by atoms with Crippen molar-refractivity contribution in [2.75, 3.05) is 0 Å². The summed E-state index contributed by atoms with van der Waals surface area (Å²) in [6, 6.07) is 14.3. The summed E-state index contributed by atoms with van der Waals surface area (Å²) in [6.07, 6.45) is 7.97. The Morgan fingerprint density at radius 2 is 1.85 bits per heavy atom. The van der Waals surface area contributed by atoms with E-state index in [0.29, 0.717) is 0 Å². The third-order valence-electron chi connectivity index (χ3n) is 3.36. The molecule has 0 aliphatic heterocycles. The fraction of sp³-hybridized carbons (Fsp3) is 0.0526. The van der Waals surface area contributed by atoms with Crippen molar-refractivity contribution in [2.24, 2.45) is 0 Å². The van der Waals surface area contributed by atoms with E-state index in [1.54, 1.807) is 0 Å². The highest BCUT2D eigenvalue weighted by atomic mass is 16.3. The van der Waals surface area contributed by atoms with Gasteiger partial charge >= 0.3 is 0 Å². The van der Waals surface area contributed by atoms with Gasteiger partial charge in [0.25, 0.3) is 0 Å². The fourth-order valence-electron chi connectivity index (χ4n) is 2.56. The molecule has 0 atom stereocenters. The first kappa shape index (κ1) is 12.5. The normalized spacial score (nSPS) is 12.6. The Balaban J connectivity index is 2.41. The lowest BCUT2D eigenvalue weighted by Crippen LogP contribution is -1.82. The van der Waals surface area contributed by atoms with Crippen molar-refractivity contribution in [3.8, 4) is 0 Å². The number of rotatable bonds is 3. The topological polar surface area (TPSA) is 13.1 Å². The molecular formula is C19H16O. The van der Waals surface area contributed by atoms with Crippen molar-refractivity contribution in [1.82, 2.24) is 0 Å². The lowest BCUT2D eigenvalue weighted by Gasteiger charge is -2.04. The fourth-order valence-corrected chi connectivity index (χ4v) is 2.56. The molecule has 98 valence electrons. The second-order valence-corrected chi connectivity index (χ2v) is 4.63. The van der Waals surface area contributed by atoms with Crippen molar-refractivity contribution in [3.05, 3.63) is 78.9 Å². The van der Waals surface area contributed by atoms with Gasteiger partial charge in [0.1, 0.15) is 11.2 Å². The summed E-state index contributed by atoms with van der Waals surface area (Å²) in [6.45, 7) is 5.82. The van der Waals surface area contributed by atoms with Crippen LogP contribution in [0.2, 0.25) is 0 Å². The predicted molar refractivity (Wildman–Crippen MR) is 86.7 cm³/mol. The number of hydrogen-bond acceptors (Lipinski definition) is 1. The highest BCUT2D eigenvalue weighted by Gasteiger charge is 2.11. The van der Waals surface area contributed by atoms with E-state index in [4.69, 9.17) is 4.42 Å². The zero-order valence-electron chi connectivity index (χ0n) is 11.5. The number of furan rings is 1. The minimum absolute atomic E-state index is 0.920. The second kappa shape index (κ2) is 5.22. The Bertz CT molecular complexity index is 831. The molecule has 0 radical (unpaired) electrons. The number of fused-ring (bicyclic) bond motifs is 3. The molecule has 0 N–H and O–H groups in total. The quantitative estimate of drug-likeness (QED) is 0.548. The SMILES string of the molecule is C=C/C=C(\C=C/C)c1cccc2oc3ccccc3c12. The van der Waals surface area contributed by atoms with E-state index in [1.807, 2.05) is 55.5 Å². The monoisotopic (exact) mass is 260 g/mol. The molecule has 0 fully saturated rings. The van der Waals surface area contributed by atoms with Gasteiger partial charge in [0.15, 0.2) is 0 Å². The van der Waals surface area contributed by atoms with E-state index in [2.05, 4.69) is 24.8 Å². The maximum absolute atomic E-state index is 5.92. The Hall–Kier alpha value is -2.54. The summed E-state index contributed by atoms with van der Waals surface area (Å²) in [7, 11) is 0. The van der Waals surface area contributed by atoms with E-state index in [0.717, 1.165) is 27.5 Å². The largest absolute Gasteiger partial charge is 0.456 e. The van der Waals surface area contributed by atoms with Crippen LogP contribution in [0.25, 0.3) is 27.5 Å². The number of benzene rings is 2. The van der Waals surface area contributed by atoms with Crippen LogP contribution in [0.4, 0.5) is 0 Å². The molecule has 0 unspecified atom stereocenters. The molecule has 1 heterocycles. The van der Waals surface area contributed by atoms with Crippen LogP contribution >= 0.6 is 0 Å². The third kappa shape index (κ3) is 1.97. The molecule has 20 heavy (non-hydrogen) atoms. The van der Waals surface area contributed by atoms with Gasteiger partial charge in [-0.2, -0.15) is 0 Å². The number of hydrogen-bond donors (Lipinski definition) is 0. The van der Waals surface area contributed by atoms with E-state index >= 15 is 0 Å². The van der Waals surface area contributed by atoms with Crippen LogP contribution in [-0.4, -0.2) is 0 Å². The Morgan fingerprint density at radius 1 is 1.05 bits per heavy atom. The zero-order chi connectivity index (χ0) is 13.9. The molecule has 2 aromatic carbocycles. The number of para-hydroxylation sites is 1. The van der Waals surface area contributed by atoms with E-state index in [1.165, 1.54) is 5.56 Å². The third-order valence-corrected chi connectivity index (χ3v) is 3.36. The van der Waals surface area contributed by atoms with Crippen LogP contribution in [0.15, 0.2) is 77.8 Å². The molecular weight excluding hydrogens is 244 g/mol. The van der Waals surface area contributed by atoms with E-state index in [9.17, 15) is 0 Å². The molecule has 0 saturated heterocycles. The molecule has 0 spiro atoms. The van der Waals surface area contributed by atoms with Gasteiger partial charge in [-0.05, 0) is 30.2 Å². The minimum Gasteiger partial charge on any atom is -0.456 e. The Kier molecular flexibility index (Phi) is 3.26. The molecule has 0 saturated carbocycles. The zero-order valence-corrected chi connectivity index (χ0v) is 11.5. The molecule has 1 aromatic heterocycles. The first-order chi connectivity index (χ1) is 9.85. The highest BCUT2D eigenvalue weighted by Crippen LogP contribution is 2.34. The molecule has 3 rings (SSSR count). The molecule has 1 nitrogen and oxygen atoms in total. The first-order valence-electron chi connectivity index (χ1n) is 6.71. The molecule has 0 amide bonds. The summed E-state index contributed by atoms with van der Waals surface area (Å²) >= 11 is 0. The second-order valence-electron chi connectivity index (χ2n) is 4.63. The highest BCUT2D eigenvalue weighted by molar-refractivity contribution is 6.11. The van der Waals surface area contributed by atoms with Gasteiger partial charge in [0, 0.05) is 10.8 Å². The standard InChI is InChI=1S/C19H16O/c1-3-8-14(9-4-2)15-11-7-13-18-19(15)16-10-5-6-12-17(16)20-18/h3-13H,1H2,2H3/b9-4-,14-8+. The van der Waals surface area contributed by atoms with Gasteiger partial charge in [-0.25, -0.2) is 0 Å².